The molecule has 1 aromatic carbocycles. The Labute approximate surface area is 107 Å². The third-order valence-electron chi connectivity index (χ3n) is 2.74. The fourth-order valence-electron chi connectivity index (χ4n) is 1.84. The van der Waals surface area contributed by atoms with Crippen molar-refractivity contribution in [1.82, 2.24) is 4.98 Å². The molecule has 1 heterocycles. The number of aromatic nitrogens is 1. The van der Waals surface area contributed by atoms with Crippen LogP contribution in [0.25, 0.3) is 10.9 Å². The number of fused-ring (bicyclic) bond motifs is 1. The summed E-state index contributed by atoms with van der Waals surface area (Å²) >= 11 is 0. The monoisotopic (exact) mass is 246 g/mol. The lowest BCUT2D eigenvalue weighted by Gasteiger charge is -2.09. The fourth-order valence-corrected chi connectivity index (χ4v) is 1.84. The Bertz CT molecular complexity index is 514. The van der Waals surface area contributed by atoms with Crippen molar-refractivity contribution in [3.63, 3.8) is 0 Å². The number of nitrogens with zero attached hydrogens (tertiary/aromatic N) is 1. The van der Waals surface area contributed by atoms with Gasteiger partial charge < -0.3 is 15.2 Å². The van der Waals surface area contributed by atoms with Crippen LogP contribution in [0.5, 0.6) is 5.88 Å². The molecule has 0 aliphatic rings. The van der Waals surface area contributed by atoms with Gasteiger partial charge in [0.2, 0.25) is 5.88 Å². The van der Waals surface area contributed by atoms with Gasteiger partial charge in [0.15, 0.2) is 0 Å². The molecular weight excluding hydrogens is 228 g/mol. The van der Waals surface area contributed by atoms with Gasteiger partial charge in [0, 0.05) is 38.1 Å². The topological polar surface area (TPSA) is 57.4 Å². The second-order valence-electron chi connectivity index (χ2n) is 4.04. The molecular formula is C14H18N2O2. The third-order valence-corrected chi connectivity index (χ3v) is 2.74. The average Bonchev–Trinajstić information content (AvgIpc) is 2.42. The smallest absolute Gasteiger partial charge is 0.214 e. The molecule has 0 aliphatic heterocycles. The number of nitrogens with two attached hydrogens (primary N) is 1. The fraction of sp³-hybridized carbons (Fsp3) is 0.357. The van der Waals surface area contributed by atoms with Gasteiger partial charge in [0.05, 0.1) is 12.1 Å². The average molecular weight is 246 g/mol. The molecule has 2 N–H and O–H groups in total. The number of rotatable bonds is 6. The summed E-state index contributed by atoms with van der Waals surface area (Å²) in [5.74, 6) is 0.630. The molecule has 0 radical (unpaired) electrons. The van der Waals surface area contributed by atoms with Crippen LogP contribution in [0.15, 0.2) is 30.3 Å². The summed E-state index contributed by atoms with van der Waals surface area (Å²) in [5, 5.41) is 1.09. The molecule has 0 atom stereocenters. The van der Waals surface area contributed by atoms with Gasteiger partial charge in [-0.1, -0.05) is 18.2 Å². The second-order valence-corrected chi connectivity index (χ2v) is 4.04. The van der Waals surface area contributed by atoms with Crippen molar-refractivity contribution >= 4 is 10.9 Å². The highest BCUT2D eigenvalue weighted by Crippen LogP contribution is 2.21. The van der Waals surface area contributed by atoms with E-state index in [4.69, 9.17) is 15.2 Å². The Hall–Kier alpha value is -1.65. The van der Waals surface area contributed by atoms with E-state index < -0.39 is 0 Å². The van der Waals surface area contributed by atoms with Crippen LogP contribution in [0, 0.1) is 0 Å². The van der Waals surface area contributed by atoms with Crippen molar-refractivity contribution in [3.8, 4) is 5.88 Å². The van der Waals surface area contributed by atoms with Crippen molar-refractivity contribution in [2.75, 3.05) is 20.3 Å². The predicted molar refractivity (Wildman–Crippen MR) is 71.6 cm³/mol. The summed E-state index contributed by atoms with van der Waals surface area (Å²) in [5.41, 5.74) is 7.73. The lowest BCUT2D eigenvalue weighted by atomic mass is 10.1. The molecule has 1 aromatic heterocycles. The lowest BCUT2D eigenvalue weighted by molar-refractivity contribution is 0.170. The van der Waals surface area contributed by atoms with Crippen LogP contribution in [-0.2, 0) is 11.3 Å². The van der Waals surface area contributed by atoms with Crippen LogP contribution in [-0.4, -0.2) is 25.3 Å². The predicted octanol–water partition coefficient (Wildman–Crippen LogP) is 2.11. The van der Waals surface area contributed by atoms with E-state index in [0.29, 0.717) is 25.6 Å². The Morgan fingerprint density at radius 3 is 2.83 bits per heavy atom. The second kappa shape index (κ2) is 6.33. The maximum absolute atomic E-state index is 5.76. The molecule has 0 amide bonds. The normalized spacial score (nSPS) is 10.8. The molecule has 0 fully saturated rings. The number of benzene rings is 1. The number of methoxy groups -OCH3 is 1. The van der Waals surface area contributed by atoms with Gasteiger partial charge in [-0.05, 0) is 11.6 Å². The quantitative estimate of drug-likeness (QED) is 0.793. The summed E-state index contributed by atoms with van der Waals surface area (Å²) in [4.78, 5) is 4.46. The Kier molecular flexibility index (Phi) is 4.50. The van der Waals surface area contributed by atoms with Crippen molar-refractivity contribution in [3.05, 3.63) is 35.9 Å². The summed E-state index contributed by atoms with van der Waals surface area (Å²) in [6, 6.07) is 9.86. The molecule has 4 heteroatoms. The number of hydrogen-bond acceptors (Lipinski definition) is 4. The molecule has 2 aromatic rings. The molecule has 96 valence electrons. The van der Waals surface area contributed by atoms with Crippen LogP contribution in [0.3, 0.4) is 0 Å². The summed E-state index contributed by atoms with van der Waals surface area (Å²) < 4.78 is 10.6. The van der Waals surface area contributed by atoms with Gasteiger partial charge in [0.25, 0.3) is 0 Å². The highest BCUT2D eigenvalue weighted by Gasteiger charge is 2.04. The third kappa shape index (κ3) is 2.97. The number of ether oxygens (including phenoxy) is 2. The van der Waals surface area contributed by atoms with E-state index in [1.54, 1.807) is 7.11 Å². The minimum absolute atomic E-state index is 0.484. The van der Waals surface area contributed by atoms with E-state index in [0.717, 1.165) is 22.9 Å². The first kappa shape index (κ1) is 12.8. The number of hydrogen-bond donors (Lipinski definition) is 1. The highest BCUT2D eigenvalue weighted by atomic mass is 16.5. The molecule has 4 nitrogen and oxygen atoms in total. The first-order chi connectivity index (χ1) is 8.85. The van der Waals surface area contributed by atoms with Gasteiger partial charge in [0.1, 0.15) is 0 Å². The van der Waals surface area contributed by atoms with E-state index in [1.165, 1.54) is 0 Å². The largest absolute Gasteiger partial charge is 0.478 e. The van der Waals surface area contributed by atoms with E-state index in [1.807, 2.05) is 30.3 Å². The van der Waals surface area contributed by atoms with E-state index >= 15 is 0 Å². The molecule has 0 unspecified atom stereocenters. The Balaban J connectivity index is 2.18. The van der Waals surface area contributed by atoms with E-state index in [2.05, 4.69) is 4.98 Å². The van der Waals surface area contributed by atoms with Gasteiger partial charge in [-0.15, -0.1) is 0 Å². The van der Waals surface area contributed by atoms with Crippen LogP contribution in [0.4, 0.5) is 0 Å². The minimum atomic E-state index is 0.484. The summed E-state index contributed by atoms with van der Waals surface area (Å²) in [6.07, 6.45) is 0.850. The first-order valence-corrected chi connectivity index (χ1v) is 6.05. The van der Waals surface area contributed by atoms with Gasteiger partial charge >= 0.3 is 0 Å². The standard InChI is InChI=1S/C14H18N2O2/c1-17-7-4-8-18-14-9-11(10-15)12-5-2-3-6-13(12)16-14/h2-3,5-6,9H,4,7-8,10,15H2,1H3. The van der Waals surface area contributed by atoms with Gasteiger partial charge in [-0.25, -0.2) is 4.98 Å². The Morgan fingerprint density at radius 1 is 1.22 bits per heavy atom. The van der Waals surface area contributed by atoms with Crippen molar-refractivity contribution in [2.45, 2.75) is 13.0 Å². The number of pyridine rings is 1. The maximum Gasteiger partial charge on any atom is 0.214 e. The maximum atomic E-state index is 5.76. The van der Waals surface area contributed by atoms with E-state index in [9.17, 15) is 0 Å². The Morgan fingerprint density at radius 2 is 2.06 bits per heavy atom. The lowest BCUT2D eigenvalue weighted by Crippen LogP contribution is -2.05. The molecule has 0 bridgehead atoms. The van der Waals surface area contributed by atoms with Crippen LogP contribution in [0.1, 0.15) is 12.0 Å². The first-order valence-electron chi connectivity index (χ1n) is 6.05. The van der Waals surface area contributed by atoms with Crippen molar-refractivity contribution in [2.24, 2.45) is 5.73 Å². The number of para-hydroxylation sites is 1. The van der Waals surface area contributed by atoms with Crippen LogP contribution in [0.2, 0.25) is 0 Å². The van der Waals surface area contributed by atoms with E-state index in [-0.39, 0.29) is 0 Å². The molecule has 0 aliphatic carbocycles. The van der Waals surface area contributed by atoms with Crippen LogP contribution < -0.4 is 10.5 Å². The molecule has 0 saturated carbocycles. The molecule has 2 rings (SSSR count). The zero-order chi connectivity index (χ0) is 12.8. The zero-order valence-electron chi connectivity index (χ0n) is 10.6. The van der Waals surface area contributed by atoms with Gasteiger partial charge in [-0.3, -0.25) is 0 Å². The minimum Gasteiger partial charge on any atom is -0.478 e. The summed E-state index contributed by atoms with van der Waals surface area (Å²) in [6.45, 7) is 1.78. The molecule has 18 heavy (non-hydrogen) atoms. The summed E-state index contributed by atoms with van der Waals surface area (Å²) in [7, 11) is 1.68. The molecule has 0 spiro atoms. The SMILES string of the molecule is COCCCOc1cc(CN)c2ccccc2n1. The molecule has 0 saturated heterocycles. The highest BCUT2D eigenvalue weighted by molar-refractivity contribution is 5.82. The van der Waals surface area contributed by atoms with Crippen molar-refractivity contribution in [1.29, 1.82) is 0 Å². The van der Waals surface area contributed by atoms with Crippen LogP contribution >= 0.6 is 0 Å². The zero-order valence-corrected chi connectivity index (χ0v) is 10.6. The van der Waals surface area contributed by atoms with Gasteiger partial charge in [-0.2, -0.15) is 0 Å². The van der Waals surface area contributed by atoms with Crippen molar-refractivity contribution < 1.29 is 9.47 Å².